The van der Waals surface area contributed by atoms with E-state index in [1.807, 2.05) is 45.0 Å². The second-order valence-electron chi connectivity index (χ2n) is 6.53. The average molecular weight is 327 g/mol. The normalized spacial score (nSPS) is 22.0. The van der Waals surface area contributed by atoms with Crippen LogP contribution >= 0.6 is 11.6 Å². The first-order valence-electron chi connectivity index (χ1n) is 7.39. The van der Waals surface area contributed by atoms with Gasteiger partial charge in [0.1, 0.15) is 5.60 Å². The molecule has 1 fully saturated rings. The Morgan fingerprint density at radius 2 is 2.09 bits per heavy atom. The number of carbonyl (C=O) groups is 1. The van der Waals surface area contributed by atoms with E-state index >= 15 is 0 Å². The molecule has 6 heteroatoms. The number of amides is 1. The van der Waals surface area contributed by atoms with Gasteiger partial charge in [-0.3, -0.25) is 0 Å². The lowest BCUT2D eigenvalue weighted by molar-refractivity contribution is 0.0270. The molecule has 2 rings (SSSR count). The van der Waals surface area contributed by atoms with Crippen LogP contribution in [-0.4, -0.2) is 46.9 Å². The lowest BCUT2D eigenvalue weighted by Crippen LogP contribution is -2.39. The van der Waals surface area contributed by atoms with Crippen LogP contribution in [0.15, 0.2) is 24.3 Å². The number of aliphatic hydroxyl groups excluding tert-OH is 1. The zero-order valence-corrected chi connectivity index (χ0v) is 13.9. The summed E-state index contributed by atoms with van der Waals surface area (Å²) in [5, 5.41) is 14.0. The SMILES string of the molecule is CC(C)(C)OC(=O)N1CC(O)C(NCc2ccccc2Cl)C1. The van der Waals surface area contributed by atoms with Crippen molar-refractivity contribution in [2.45, 2.75) is 45.1 Å². The Morgan fingerprint density at radius 3 is 2.73 bits per heavy atom. The summed E-state index contributed by atoms with van der Waals surface area (Å²) < 4.78 is 5.33. The van der Waals surface area contributed by atoms with Gasteiger partial charge in [0.2, 0.25) is 0 Å². The van der Waals surface area contributed by atoms with Crippen LogP contribution in [-0.2, 0) is 11.3 Å². The maximum Gasteiger partial charge on any atom is 0.410 e. The fourth-order valence-corrected chi connectivity index (χ4v) is 2.55. The predicted molar refractivity (Wildman–Crippen MR) is 85.9 cm³/mol. The van der Waals surface area contributed by atoms with Gasteiger partial charge in [-0.15, -0.1) is 0 Å². The van der Waals surface area contributed by atoms with E-state index in [1.165, 1.54) is 4.90 Å². The number of β-amino-alcohol motifs (C(OH)–C–C–N with tert-alkyl or cyclic N) is 1. The quantitative estimate of drug-likeness (QED) is 0.895. The van der Waals surface area contributed by atoms with Crippen molar-refractivity contribution in [1.82, 2.24) is 10.2 Å². The van der Waals surface area contributed by atoms with Crippen molar-refractivity contribution in [1.29, 1.82) is 0 Å². The molecule has 2 N–H and O–H groups in total. The van der Waals surface area contributed by atoms with Crippen molar-refractivity contribution in [2.75, 3.05) is 13.1 Å². The minimum absolute atomic E-state index is 0.191. The molecule has 0 saturated carbocycles. The van der Waals surface area contributed by atoms with E-state index in [2.05, 4.69) is 5.32 Å². The average Bonchev–Trinajstić information content (AvgIpc) is 2.78. The summed E-state index contributed by atoms with van der Waals surface area (Å²) in [5.74, 6) is 0. The molecule has 1 heterocycles. The number of aliphatic hydroxyl groups is 1. The molecular formula is C16H23ClN2O3. The van der Waals surface area contributed by atoms with Gasteiger partial charge in [0.15, 0.2) is 0 Å². The fraction of sp³-hybridized carbons (Fsp3) is 0.562. The highest BCUT2D eigenvalue weighted by Crippen LogP contribution is 2.18. The number of nitrogens with zero attached hydrogens (tertiary/aromatic N) is 1. The molecule has 2 unspecified atom stereocenters. The molecule has 2 atom stereocenters. The maximum absolute atomic E-state index is 12.0. The molecule has 122 valence electrons. The number of nitrogens with one attached hydrogen (secondary N) is 1. The summed E-state index contributed by atoms with van der Waals surface area (Å²) in [7, 11) is 0. The van der Waals surface area contributed by atoms with Crippen LogP contribution in [0.25, 0.3) is 0 Å². The van der Waals surface area contributed by atoms with Gasteiger partial charge in [-0.2, -0.15) is 0 Å². The molecule has 0 spiro atoms. The third-order valence-electron chi connectivity index (χ3n) is 3.45. The Balaban J connectivity index is 1.89. The molecule has 1 amide bonds. The fourth-order valence-electron chi connectivity index (χ4n) is 2.35. The first-order chi connectivity index (χ1) is 10.3. The number of likely N-dealkylation sites (tertiary alicyclic amines) is 1. The first kappa shape index (κ1) is 17.1. The van der Waals surface area contributed by atoms with Crippen LogP contribution in [0.3, 0.4) is 0 Å². The Morgan fingerprint density at radius 1 is 1.41 bits per heavy atom. The van der Waals surface area contributed by atoms with Gasteiger partial charge in [-0.25, -0.2) is 4.79 Å². The second-order valence-corrected chi connectivity index (χ2v) is 6.94. The van der Waals surface area contributed by atoms with E-state index in [9.17, 15) is 9.90 Å². The van der Waals surface area contributed by atoms with Crippen LogP contribution < -0.4 is 5.32 Å². The summed E-state index contributed by atoms with van der Waals surface area (Å²) >= 11 is 6.11. The lowest BCUT2D eigenvalue weighted by atomic mass is 10.2. The van der Waals surface area contributed by atoms with E-state index in [0.717, 1.165) is 5.56 Å². The highest BCUT2D eigenvalue weighted by molar-refractivity contribution is 6.31. The van der Waals surface area contributed by atoms with Crippen molar-refractivity contribution in [3.8, 4) is 0 Å². The molecule has 0 radical (unpaired) electrons. The molecule has 0 aromatic heterocycles. The van der Waals surface area contributed by atoms with Crippen molar-refractivity contribution in [2.24, 2.45) is 0 Å². The lowest BCUT2D eigenvalue weighted by Gasteiger charge is -2.24. The summed E-state index contributed by atoms with van der Waals surface area (Å²) in [6.45, 7) is 6.71. The van der Waals surface area contributed by atoms with E-state index in [1.54, 1.807) is 0 Å². The Hall–Kier alpha value is -1.30. The van der Waals surface area contributed by atoms with E-state index in [0.29, 0.717) is 18.1 Å². The third-order valence-corrected chi connectivity index (χ3v) is 3.82. The number of benzene rings is 1. The zero-order chi connectivity index (χ0) is 16.3. The number of rotatable bonds is 3. The van der Waals surface area contributed by atoms with Crippen molar-refractivity contribution in [3.05, 3.63) is 34.9 Å². The van der Waals surface area contributed by atoms with Gasteiger partial charge in [0.25, 0.3) is 0 Å². The molecular weight excluding hydrogens is 304 g/mol. The number of ether oxygens (including phenoxy) is 1. The standard InChI is InChI=1S/C16H23ClN2O3/c1-16(2,3)22-15(21)19-9-13(14(20)10-19)18-8-11-6-4-5-7-12(11)17/h4-7,13-14,18,20H,8-10H2,1-3H3. The first-order valence-corrected chi connectivity index (χ1v) is 7.77. The Kier molecular flexibility index (Phi) is 5.32. The number of carbonyl (C=O) groups excluding carboxylic acids is 1. The Labute approximate surface area is 136 Å². The molecule has 1 saturated heterocycles. The topological polar surface area (TPSA) is 61.8 Å². The van der Waals surface area contributed by atoms with Crippen molar-refractivity contribution >= 4 is 17.7 Å². The minimum atomic E-state index is -0.616. The highest BCUT2D eigenvalue weighted by atomic mass is 35.5. The Bertz CT molecular complexity index is 530. The van der Waals surface area contributed by atoms with Gasteiger partial charge in [-0.1, -0.05) is 29.8 Å². The van der Waals surface area contributed by atoms with Gasteiger partial charge in [0.05, 0.1) is 18.7 Å². The molecule has 5 nitrogen and oxygen atoms in total. The van der Waals surface area contributed by atoms with E-state index in [4.69, 9.17) is 16.3 Å². The van der Waals surface area contributed by atoms with Crippen molar-refractivity contribution in [3.63, 3.8) is 0 Å². The summed E-state index contributed by atoms with van der Waals surface area (Å²) in [6, 6.07) is 7.37. The van der Waals surface area contributed by atoms with Gasteiger partial charge in [-0.05, 0) is 32.4 Å². The van der Waals surface area contributed by atoms with Gasteiger partial charge < -0.3 is 20.1 Å². The molecule has 1 aliphatic rings. The number of hydrogen-bond acceptors (Lipinski definition) is 4. The summed E-state index contributed by atoms with van der Waals surface area (Å²) in [5.41, 5.74) is 0.428. The third kappa shape index (κ3) is 4.60. The van der Waals surface area contributed by atoms with Crippen LogP contribution in [0.1, 0.15) is 26.3 Å². The predicted octanol–water partition coefficient (Wildman–Crippen LogP) is 2.41. The smallest absolute Gasteiger partial charge is 0.410 e. The van der Waals surface area contributed by atoms with Crippen LogP contribution in [0.4, 0.5) is 4.79 Å². The van der Waals surface area contributed by atoms with Crippen LogP contribution in [0, 0.1) is 0 Å². The largest absolute Gasteiger partial charge is 0.444 e. The van der Waals surface area contributed by atoms with Gasteiger partial charge >= 0.3 is 6.09 Å². The monoisotopic (exact) mass is 326 g/mol. The number of halogens is 1. The maximum atomic E-state index is 12.0. The molecule has 1 aliphatic heterocycles. The summed E-state index contributed by atoms with van der Waals surface area (Å²) in [6.07, 6.45) is -1.01. The van der Waals surface area contributed by atoms with Crippen LogP contribution in [0.2, 0.25) is 5.02 Å². The minimum Gasteiger partial charge on any atom is -0.444 e. The summed E-state index contributed by atoms with van der Waals surface area (Å²) in [4.78, 5) is 13.6. The zero-order valence-electron chi connectivity index (χ0n) is 13.2. The molecule has 0 bridgehead atoms. The number of hydrogen-bond donors (Lipinski definition) is 2. The highest BCUT2D eigenvalue weighted by Gasteiger charge is 2.35. The van der Waals surface area contributed by atoms with Crippen LogP contribution in [0.5, 0.6) is 0 Å². The molecule has 1 aromatic rings. The second kappa shape index (κ2) is 6.86. The van der Waals surface area contributed by atoms with E-state index in [-0.39, 0.29) is 12.6 Å². The van der Waals surface area contributed by atoms with Crippen molar-refractivity contribution < 1.29 is 14.6 Å². The molecule has 22 heavy (non-hydrogen) atoms. The molecule has 0 aliphatic carbocycles. The molecule has 1 aromatic carbocycles. The van der Waals surface area contributed by atoms with Gasteiger partial charge in [0, 0.05) is 18.1 Å². The van der Waals surface area contributed by atoms with E-state index < -0.39 is 17.8 Å².